The van der Waals surface area contributed by atoms with Crippen molar-refractivity contribution < 1.29 is 18.7 Å². The highest BCUT2D eigenvalue weighted by Crippen LogP contribution is 2.37. The monoisotopic (exact) mass is 408 g/mol. The Kier molecular flexibility index (Phi) is 4.21. The van der Waals surface area contributed by atoms with Crippen LogP contribution in [-0.2, 0) is 6.54 Å². The van der Waals surface area contributed by atoms with Gasteiger partial charge < -0.3 is 18.5 Å². The predicted octanol–water partition coefficient (Wildman–Crippen LogP) is 3.69. The van der Waals surface area contributed by atoms with Gasteiger partial charge in [-0.3, -0.25) is 4.79 Å². The van der Waals surface area contributed by atoms with Gasteiger partial charge in [0.2, 0.25) is 6.79 Å². The van der Waals surface area contributed by atoms with Crippen LogP contribution in [0.1, 0.15) is 23.7 Å². The lowest BCUT2D eigenvalue weighted by Gasteiger charge is -2.03. The van der Waals surface area contributed by atoms with Crippen LogP contribution in [0.3, 0.4) is 0 Å². The highest BCUT2D eigenvalue weighted by atomic mass is 32.1. The van der Waals surface area contributed by atoms with Gasteiger partial charge in [-0.05, 0) is 18.6 Å². The molecule has 3 heterocycles. The summed E-state index contributed by atoms with van der Waals surface area (Å²) in [5.41, 5.74) is 0.574. The van der Waals surface area contributed by atoms with Crippen molar-refractivity contribution in [2.45, 2.75) is 19.9 Å². The van der Waals surface area contributed by atoms with Gasteiger partial charge in [0, 0.05) is 24.1 Å². The molecule has 0 bridgehead atoms. The topological polar surface area (TPSA) is 83.0 Å². The molecule has 29 heavy (non-hydrogen) atoms. The highest BCUT2D eigenvalue weighted by molar-refractivity contribution is 7.16. The summed E-state index contributed by atoms with van der Waals surface area (Å²) < 4.78 is 19.1. The second-order valence-electron chi connectivity index (χ2n) is 6.61. The first-order chi connectivity index (χ1) is 14.1. The number of hydrogen-bond acceptors (Lipinski definition) is 6. The van der Waals surface area contributed by atoms with E-state index in [-0.39, 0.29) is 12.4 Å². The molecule has 0 aliphatic carbocycles. The Morgan fingerprint density at radius 3 is 2.79 bits per heavy atom. The van der Waals surface area contributed by atoms with E-state index in [0.717, 1.165) is 16.6 Å². The van der Waals surface area contributed by atoms with E-state index in [1.807, 2.05) is 29.7 Å². The largest absolute Gasteiger partial charge is 0.454 e. The summed E-state index contributed by atoms with van der Waals surface area (Å²) in [6, 6.07) is 12.4. The van der Waals surface area contributed by atoms with E-state index in [1.165, 1.54) is 17.4 Å². The number of rotatable bonds is 3. The number of aromatic nitrogens is 1. The minimum Gasteiger partial charge on any atom is -0.454 e. The van der Waals surface area contributed by atoms with E-state index in [0.29, 0.717) is 33.8 Å². The van der Waals surface area contributed by atoms with Crippen LogP contribution in [0.25, 0.3) is 21.2 Å². The molecule has 0 atom stereocenters. The van der Waals surface area contributed by atoms with Crippen LogP contribution in [0.4, 0.5) is 0 Å². The second kappa shape index (κ2) is 6.89. The van der Waals surface area contributed by atoms with Gasteiger partial charge in [0.25, 0.3) is 5.91 Å². The van der Waals surface area contributed by atoms with E-state index < -0.39 is 11.5 Å². The molecule has 0 radical (unpaired) electrons. The average molecular weight is 408 g/mol. The summed E-state index contributed by atoms with van der Waals surface area (Å²) in [5.74, 6) is 0.726. The Hall–Kier alpha value is -3.39. The van der Waals surface area contributed by atoms with Gasteiger partial charge in [0.05, 0.1) is 10.2 Å². The van der Waals surface area contributed by atoms with Crippen LogP contribution in [-0.4, -0.2) is 17.3 Å². The maximum Gasteiger partial charge on any atom is 0.349 e. The van der Waals surface area contributed by atoms with Crippen molar-refractivity contribution >= 4 is 38.4 Å². The number of nitrogens with zero attached hydrogens (tertiary/aromatic N) is 2. The molecule has 5 rings (SSSR count). The smallest absolute Gasteiger partial charge is 0.349 e. The third kappa shape index (κ3) is 3.01. The van der Waals surface area contributed by atoms with E-state index >= 15 is 0 Å². The zero-order valence-electron chi connectivity index (χ0n) is 15.5. The molecule has 1 aliphatic rings. The maximum atomic E-state index is 12.8. The van der Waals surface area contributed by atoms with Crippen molar-refractivity contribution in [1.29, 1.82) is 0 Å². The SMILES string of the molecule is CCCn1c(=NC(=O)c2cc3ccccc3oc2=O)sc2cc3c(cc21)OCO3. The first-order valence-electron chi connectivity index (χ1n) is 9.19. The third-order valence-corrected chi connectivity index (χ3v) is 5.73. The highest BCUT2D eigenvalue weighted by Gasteiger charge is 2.19. The third-order valence-electron chi connectivity index (χ3n) is 4.69. The molecule has 1 aliphatic heterocycles. The lowest BCUT2D eigenvalue weighted by molar-refractivity contribution is 0.0994. The molecule has 8 heteroatoms. The van der Waals surface area contributed by atoms with Crippen molar-refractivity contribution in [3.05, 3.63) is 63.2 Å². The zero-order valence-corrected chi connectivity index (χ0v) is 16.3. The minimum absolute atomic E-state index is 0.0848. The predicted molar refractivity (Wildman–Crippen MR) is 109 cm³/mol. The maximum absolute atomic E-state index is 12.8. The standard InChI is InChI=1S/C21H16N2O5S/c1-2-7-23-14-9-16-17(27-11-26-16)10-18(14)29-21(23)22-19(24)13-8-12-5-3-4-6-15(12)28-20(13)25/h3-6,8-10H,2,7,11H2,1H3. The number of aryl methyl sites for hydroxylation is 1. The molecule has 1 amide bonds. The summed E-state index contributed by atoms with van der Waals surface area (Å²) in [7, 11) is 0. The Morgan fingerprint density at radius 2 is 1.97 bits per heavy atom. The van der Waals surface area contributed by atoms with Crippen molar-refractivity contribution in [1.82, 2.24) is 4.57 Å². The number of fused-ring (bicyclic) bond motifs is 3. The summed E-state index contributed by atoms with van der Waals surface area (Å²) in [6.07, 6.45) is 0.861. The van der Waals surface area contributed by atoms with Gasteiger partial charge in [-0.25, -0.2) is 4.79 Å². The fourth-order valence-corrected chi connectivity index (χ4v) is 4.41. The molecule has 0 unspecified atom stereocenters. The number of benzene rings is 2. The normalized spacial score (nSPS) is 13.5. The van der Waals surface area contributed by atoms with Crippen LogP contribution >= 0.6 is 11.3 Å². The van der Waals surface area contributed by atoms with Crippen molar-refractivity contribution in [2.75, 3.05) is 6.79 Å². The van der Waals surface area contributed by atoms with Crippen molar-refractivity contribution in [3.8, 4) is 11.5 Å². The minimum atomic E-state index is -0.693. The lowest BCUT2D eigenvalue weighted by atomic mass is 10.2. The van der Waals surface area contributed by atoms with Gasteiger partial charge in [0.15, 0.2) is 16.3 Å². The Morgan fingerprint density at radius 1 is 1.17 bits per heavy atom. The molecule has 4 aromatic rings. The second-order valence-corrected chi connectivity index (χ2v) is 7.62. The molecule has 0 spiro atoms. The van der Waals surface area contributed by atoms with Crippen LogP contribution in [0.2, 0.25) is 0 Å². The molecular weight excluding hydrogens is 392 g/mol. The van der Waals surface area contributed by atoms with Gasteiger partial charge in [-0.2, -0.15) is 4.99 Å². The number of para-hydroxylation sites is 1. The summed E-state index contributed by atoms with van der Waals surface area (Å²) in [5, 5.41) is 0.675. The van der Waals surface area contributed by atoms with Crippen LogP contribution < -0.4 is 19.9 Å². The molecule has 0 saturated heterocycles. The van der Waals surface area contributed by atoms with Crippen LogP contribution in [0.5, 0.6) is 11.5 Å². The van der Waals surface area contributed by atoms with Crippen LogP contribution in [0.15, 0.2) is 56.7 Å². The summed E-state index contributed by atoms with van der Waals surface area (Å²) in [6.45, 7) is 2.93. The molecule has 0 N–H and O–H groups in total. The Labute approximate surface area is 168 Å². The number of carbonyl (C=O) groups excluding carboxylic acids is 1. The first kappa shape index (κ1) is 17.7. The fourth-order valence-electron chi connectivity index (χ4n) is 3.34. The van der Waals surface area contributed by atoms with Gasteiger partial charge in [0.1, 0.15) is 11.1 Å². The van der Waals surface area contributed by atoms with Gasteiger partial charge >= 0.3 is 5.63 Å². The number of amides is 1. The molecule has 2 aromatic carbocycles. The van der Waals surface area contributed by atoms with E-state index in [4.69, 9.17) is 13.9 Å². The molecule has 7 nitrogen and oxygen atoms in total. The van der Waals surface area contributed by atoms with Crippen molar-refractivity contribution in [3.63, 3.8) is 0 Å². The molecule has 0 saturated carbocycles. The fraction of sp³-hybridized carbons (Fsp3) is 0.190. The van der Waals surface area contributed by atoms with Gasteiger partial charge in [-0.1, -0.05) is 36.5 Å². The van der Waals surface area contributed by atoms with Gasteiger partial charge in [-0.15, -0.1) is 0 Å². The molecule has 146 valence electrons. The molecular formula is C21H16N2O5S. The summed E-state index contributed by atoms with van der Waals surface area (Å²) >= 11 is 1.37. The Bertz CT molecular complexity index is 1400. The van der Waals surface area contributed by atoms with Crippen LogP contribution in [0, 0.1) is 0 Å². The Balaban J connectivity index is 1.66. The lowest BCUT2D eigenvalue weighted by Crippen LogP contribution is -2.19. The van der Waals surface area contributed by atoms with E-state index in [2.05, 4.69) is 4.99 Å². The average Bonchev–Trinajstić information content (AvgIpc) is 3.30. The van der Waals surface area contributed by atoms with Crippen molar-refractivity contribution in [2.24, 2.45) is 4.99 Å². The number of hydrogen-bond donors (Lipinski definition) is 0. The molecule has 0 fully saturated rings. The number of carbonyl (C=O) groups is 1. The van der Waals surface area contributed by atoms with E-state index in [9.17, 15) is 9.59 Å². The molecule has 2 aromatic heterocycles. The zero-order chi connectivity index (χ0) is 20.0. The number of thiazole rings is 1. The van der Waals surface area contributed by atoms with E-state index in [1.54, 1.807) is 18.2 Å². The quantitative estimate of drug-likeness (QED) is 0.483. The first-order valence-corrected chi connectivity index (χ1v) is 10.0. The number of ether oxygens (including phenoxy) is 2. The summed E-state index contributed by atoms with van der Waals surface area (Å²) in [4.78, 5) is 29.9.